The second-order valence-corrected chi connectivity index (χ2v) is 8.66. The van der Waals surface area contributed by atoms with Crippen LogP contribution in [0.5, 0.6) is 11.5 Å². The van der Waals surface area contributed by atoms with E-state index < -0.39 is 0 Å². The van der Waals surface area contributed by atoms with E-state index in [4.69, 9.17) is 9.47 Å². The lowest BCUT2D eigenvalue weighted by molar-refractivity contribution is 0.138. The number of nitrogens with zero attached hydrogens (tertiary/aromatic N) is 3. The number of nitrogens with one attached hydrogen (secondary N) is 1. The highest BCUT2D eigenvalue weighted by molar-refractivity contribution is 5.75. The van der Waals surface area contributed by atoms with E-state index in [1.807, 2.05) is 35.2 Å². The van der Waals surface area contributed by atoms with Crippen molar-refractivity contribution < 1.29 is 14.3 Å². The van der Waals surface area contributed by atoms with Gasteiger partial charge < -0.3 is 24.6 Å². The first-order valence-corrected chi connectivity index (χ1v) is 11.3. The topological polar surface area (TPSA) is 57.3 Å². The summed E-state index contributed by atoms with van der Waals surface area (Å²) in [5.74, 6) is 1.44. The van der Waals surface area contributed by atoms with Crippen LogP contribution in [0.2, 0.25) is 0 Å². The maximum Gasteiger partial charge on any atom is 0.318 e. The van der Waals surface area contributed by atoms with Gasteiger partial charge in [-0.15, -0.1) is 0 Å². The van der Waals surface area contributed by atoms with Gasteiger partial charge >= 0.3 is 6.03 Å². The summed E-state index contributed by atoms with van der Waals surface area (Å²) in [7, 11) is 5.45. The maximum atomic E-state index is 13.3. The van der Waals surface area contributed by atoms with E-state index in [1.165, 1.54) is 5.56 Å². The first-order valence-electron chi connectivity index (χ1n) is 11.3. The van der Waals surface area contributed by atoms with Crippen LogP contribution in [0, 0.1) is 0 Å². The average Bonchev–Trinajstić information content (AvgIpc) is 2.84. The van der Waals surface area contributed by atoms with Gasteiger partial charge in [0, 0.05) is 45.8 Å². The van der Waals surface area contributed by atoms with Gasteiger partial charge in [0.1, 0.15) is 0 Å². The molecule has 2 heterocycles. The lowest BCUT2D eigenvalue weighted by Gasteiger charge is -2.36. The molecule has 2 aliphatic rings. The molecule has 0 bridgehead atoms. The Labute approximate surface area is 190 Å². The van der Waals surface area contributed by atoms with E-state index in [2.05, 4.69) is 34.3 Å². The Bertz CT molecular complexity index is 913. The van der Waals surface area contributed by atoms with Crippen molar-refractivity contribution in [3.8, 4) is 11.5 Å². The van der Waals surface area contributed by atoms with Crippen molar-refractivity contribution in [2.24, 2.45) is 0 Å². The van der Waals surface area contributed by atoms with Crippen molar-refractivity contribution in [3.63, 3.8) is 0 Å². The van der Waals surface area contributed by atoms with Crippen LogP contribution >= 0.6 is 0 Å². The van der Waals surface area contributed by atoms with Crippen LogP contribution in [0.3, 0.4) is 0 Å². The molecule has 0 radical (unpaired) electrons. The lowest BCUT2D eigenvalue weighted by atomic mass is 9.99. The number of carbonyl (C=O) groups is 1. The Morgan fingerprint density at radius 3 is 2.28 bits per heavy atom. The van der Waals surface area contributed by atoms with Crippen LogP contribution in [0.4, 0.5) is 4.79 Å². The minimum atomic E-state index is -0.0427. The van der Waals surface area contributed by atoms with Crippen LogP contribution in [0.25, 0.3) is 0 Å². The fourth-order valence-corrected chi connectivity index (χ4v) is 4.51. The molecule has 0 aromatic heterocycles. The maximum absolute atomic E-state index is 13.3. The number of rotatable bonds is 6. The van der Waals surface area contributed by atoms with Crippen LogP contribution in [-0.4, -0.2) is 81.3 Å². The molecule has 2 aliphatic heterocycles. The summed E-state index contributed by atoms with van der Waals surface area (Å²) < 4.78 is 10.9. The second kappa shape index (κ2) is 10.2. The molecule has 4 rings (SSSR count). The molecular formula is C25H34N4O3. The molecule has 1 N–H and O–H groups in total. The number of urea groups is 1. The highest BCUT2D eigenvalue weighted by Crippen LogP contribution is 2.33. The quantitative estimate of drug-likeness (QED) is 0.752. The first kappa shape index (κ1) is 22.4. The Balaban J connectivity index is 1.46. The summed E-state index contributed by atoms with van der Waals surface area (Å²) in [6.45, 7) is 6.23. The molecule has 1 atom stereocenters. The largest absolute Gasteiger partial charge is 0.493 e. The summed E-state index contributed by atoms with van der Waals surface area (Å²) in [6, 6.07) is 14.3. The number of hydrogen-bond acceptors (Lipinski definition) is 5. The molecule has 7 heteroatoms. The Morgan fingerprint density at radius 2 is 1.62 bits per heavy atom. The number of carbonyl (C=O) groups excluding carboxylic acids is 1. The van der Waals surface area contributed by atoms with Crippen LogP contribution < -0.4 is 14.8 Å². The summed E-state index contributed by atoms with van der Waals surface area (Å²) in [4.78, 5) is 20.0. The number of benzene rings is 2. The summed E-state index contributed by atoms with van der Waals surface area (Å²) in [6.07, 6.45) is 0.803. The number of methoxy groups -OCH3 is 2. The second-order valence-electron chi connectivity index (χ2n) is 8.66. The average molecular weight is 439 g/mol. The van der Waals surface area contributed by atoms with Crippen LogP contribution in [-0.2, 0) is 13.0 Å². The lowest BCUT2D eigenvalue weighted by Crippen LogP contribution is -2.50. The van der Waals surface area contributed by atoms with E-state index >= 15 is 0 Å². The number of hydrogen-bond donors (Lipinski definition) is 1. The smallest absolute Gasteiger partial charge is 0.318 e. The standard InChI is InChI=1S/C25H34N4O3/c1-27-11-13-28(14-12-27)18-22(19-7-5-4-6-8-19)26-25(30)29-10-9-20-15-23(31-2)24(32-3)16-21(20)17-29/h4-8,15-16,22H,9-14,17-18H2,1-3H3,(H,26,30). The highest BCUT2D eigenvalue weighted by Gasteiger charge is 2.26. The van der Waals surface area contributed by atoms with Gasteiger partial charge in [-0.25, -0.2) is 4.79 Å². The molecule has 2 amide bonds. The summed E-state index contributed by atoms with van der Waals surface area (Å²) in [5.41, 5.74) is 3.46. The molecule has 1 fully saturated rings. The Kier molecular flexibility index (Phi) is 7.17. The van der Waals surface area contributed by atoms with Crippen molar-refractivity contribution in [1.82, 2.24) is 20.0 Å². The van der Waals surface area contributed by atoms with Gasteiger partial charge in [0.05, 0.1) is 20.3 Å². The fourth-order valence-electron chi connectivity index (χ4n) is 4.51. The van der Waals surface area contributed by atoms with E-state index in [-0.39, 0.29) is 12.1 Å². The van der Waals surface area contributed by atoms with E-state index in [1.54, 1.807) is 14.2 Å². The van der Waals surface area contributed by atoms with Gasteiger partial charge in [0.25, 0.3) is 0 Å². The number of ether oxygens (including phenoxy) is 2. The predicted octanol–water partition coefficient (Wildman–Crippen LogP) is 2.76. The fraction of sp³-hybridized carbons (Fsp3) is 0.480. The molecular weight excluding hydrogens is 404 g/mol. The molecule has 172 valence electrons. The molecule has 32 heavy (non-hydrogen) atoms. The van der Waals surface area contributed by atoms with Crippen LogP contribution in [0.1, 0.15) is 22.7 Å². The van der Waals surface area contributed by atoms with Gasteiger partial charge in [-0.2, -0.15) is 0 Å². The predicted molar refractivity (Wildman–Crippen MR) is 125 cm³/mol. The van der Waals surface area contributed by atoms with Gasteiger partial charge in [0.2, 0.25) is 0 Å². The van der Waals surface area contributed by atoms with E-state index in [9.17, 15) is 4.79 Å². The highest BCUT2D eigenvalue weighted by atomic mass is 16.5. The number of fused-ring (bicyclic) bond motifs is 1. The monoisotopic (exact) mass is 438 g/mol. The zero-order valence-corrected chi connectivity index (χ0v) is 19.3. The van der Waals surface area contributed by atoms with Gasteiger partial charge in [-0.05, 0) is 42.3 Å². The van der Waals surface area contributed by atoms with Crippen molar-refractivity contribution in [1.29, 1.82) is 0 Å². The molecule has 2 aromatic rings. The third kappa shape index (κ3) is 5.16. The van der Waals surface area contributed by atoms with Crippen molar-refractivity contribution in [3.05, 3.63) is 59.2 Å². The third-order valence-corrected chi connectivity index (χ3v) is 6.54. The zero-order chi connectivity index (χ0) is 22.5. The van der Waals surface area contributed by atoms with Gasteiger partial charge in [-0.3, -0.25) is 4.90 Å². The summed E-state index contributed by atoms with van der Waals surface area (Å²) in [5, 5.41) is 3.32. The number of amides is 2. The molecule has 1 saturated heterocycles. The van der Waals surface area contributed by atoms with Crippen molar-refractivity contribution >= 4 is 6.03 Å². The Morgan fingerprint density at radius 1 is 0.969 bits per heavy atom. The molecule has 0 aliphatic carbocycles. The first-order chi connectivity index (χ1) is 15.6. The SMILES string of the molecule is COc1cc2c(cc1OC)CN(C(=O)NC(CN1CCN(C)CC1)c1ccccc1)CC2. The normalized spacial score (nSPS) is 18.0. The minimum absolute atomic E-state index is 0.0200. The minimum Gasteiger partial charge on any atom is -0.493 e. The van der Waals surface area contributed by atoms with E-state index in [0.29, 0.717) is 18.8 Å². The van der Waals surface area contributed by atoms with Crippen molar-refractivity contribution in [2.45, 2.75) is 19.0 Å². The molecule has 1 unspecified atom stereocenters. The van der Waals surface area contributed by atoms with Gasteiger partial charge in [-0.1, -0.05) is 30.3 Å². The number of piperazine rings is 1. The Hall–Kier alpha value is -2.77. The third-order valence-electron chi connectivity index (χ3n) is 6.54. The summed E-state index contributed by atoms with van der Waals surface area (Å²) >= 11 is 0. The van der Waals surface area contributed by atoms with Gasteiger partial charge in [0.15, 0.2) is 11.5 Å². The molecule has 0 spiro atoms. The van der Waals surface area contributed by atoms with Crippen molar-refractivity contribution in [2.75, 3.05) is 60.5 Å². The molecule has 0 saturated carbocycles. The molecule has 2 aromatic carbocycles. The van der Waals surface area contributed by atoms with E-state index in [0.717, 1.165) is 56.0 Å². The van der Waals surface area contributed by atoms with Crippen LogP contribution in [0.15, 0.2) is 42.5 Å². The number of likely N-dealkylation sites (N-methyl/N-ethyl adjacent to an activating group) is 1. The zero-order valence-electron chi connectivity index (χ0n) is 19.3. The molecule has 7 nitrogen and oxygen atoms in total.